The summed E-state index contributed by atoms with van der Waals surface area (Å²) in [7, 11) is 0. The van der Waals surface area contributed by atoms with E-state index in [-0.39, 0.29) is 13.2 Å². The second kappa shape index (κ2) is 6.46. The predicted molar refractivity (Wildman–Crippen MR) is 59.6 cm³/mol. The average Bonchev–Trinajstić information content (AvgIpc) is 2.34. The summed E-state index contributed by atoms with van der Waals surface area (Å²) in [5.74, 6) is 0. The third-order valence-corrected chi connectivity index (χ3v) is 2.11. The van der Waals surface area contributed by atoms with E-state index in [1.807, 2.05) is 24.3 Å². The van der Waals surface area contributed by atoms with Gasteiger partial charge in [-0.3, -0.25) is 0 Å². The molecule has 4 heteroatoms. The minimum Gasteiger partial charge on any atom is -0.445 e. The molecule has 0 aliphatic carbocycles. The first-order valence-electron chi connectivity index (χ1n) is 5.11. The van der Waals surface area contributed by atoms with Gasteiger partial charge in [-0.15, -0.1) is 0 Å². The van der Waals surface area contributed by atoms with Crippen LogP contribution in [0.1, 0.15) is 18.1 Å². The molecule has 1 rings (SSSR count). The van der Waals surface area contributed by atoms with Crippen molar-refractivity contribution >= 4 is 6.09 Å². The number of rotatable bonds is 4. The molecule has 0 atom stereocenters. The van der Waals surface area contributed by atoms with Gasteiger partial charge in [0.05, 0.1) is 6.07 Å². The maximum atomic E-state index is 11.0. The zero-order chi connectivity index (χ0) is 11.8. The Labute approximate surface area is 94.8 Å². The molecule has 0 radical (unpaired) electrons. The van der Waals surface area contributed by atoms with Crippen molar-refractivity contribution in [2.45, 2.75) is 20.0 Å². The smallest absolute Gasteiger partial charge is 0.408 e. The van der Waals surface area contributed by atoms with Crippen LogP contribution in [-0.4, -0.2) is 12.6 Å². The van der Waals surface area contributed by atoms with Crippen LogP contribution >= 0.6 is 0 Å². The Morgan fingerprint density at radius 3 is 2.56 bits per heavy atom. The molecule has 1 aromatic rings. The topological polar surface area (TPSA) is 62.1 Å². The Morgan fingerprint density at radius 1 is 1.38 bits per heavy atom. The number of alkyl carbamates (subject to hydrolysis) is 1. The summed E-state index contributed by atoms with van der Waals surface area (Å²) in [4.78, 5) is 11.0. The van der Waals surface area contributed by atoms with Gasteiger partial charge >= 0.3 is 6.09 Å². The van der Waals surface area contributed by atoms with Crippen molar-refractivity contribution in [1.29, 1.82) is 5.26 Å². The van der Waals surface area contributed by atoms with Crippen LogP contribution in [0.25, 0.3) is 0 Å². The van der Waals surface area contributed by atoms with E-state index in [1.165, 1.54) is 5.56 Å². The van der Waals surface area contributed by atoms with Gasteiger partial charge in [-0.05, 0) is 17.5 Å². The van der Waals surface area contributed by atoms with E-state index in [0.717, 1.165) is 12.0 Å². The quantitative estimate of drug-likeness (QED) is 0.786. The zero-order valence-corrected chi connectivity index (χ0v) is 9.19. The SMILES string of the molecule is CCc1ccc(COC(=O)NCC#N)cc1. The van der Waals surface area contributed by atoms with Crippen molar-refractivity contribution in [2.24, 2.45) is 0 Å². The van der Waals surface area contributed by atoms with Gasteiger partial charge in [0.15, 0.2) is 0 Å². The van der Waals surface area contributed by atoms with Crippen LogP contribution in [0.5, 0.6) is 0 Å². The van der Waals surface area contributed by atoms with Crippen molar-refractivity contribution < 1.29 is 9.53 Å². The molecule has 4 nitrogen and oxygen atoms in total. The number of amides is 1. The summed E-state index contributed by atoms with van der Waals surface area (Å²) in [6, 6.07) is 9.67. The molecule has 0 saturated carbocycles. The van der Waals surface area contributed by atoms with Crippen LogP contribution in [0.4, 0.5) is 4.79 Å². The van der Waals surface area contributed by atoms with Crippen molar-refractivity contribution in [3.8, 4) is 6.07 Å². The van der Waals surface area contributed by atoms with E-state index < -0.39 is 6.09 Å². The van der Waals surface area contributed by atoms with Crippen molar-refractivity contribution in [1.82, 2.24) is 5.32 Å². The zero-order valence-electron chi connectivity index (χ0n) is 9.19. The minimum absolute atomic E-state index is 0.0341. The standard InChI is InChI=1S/C12H14N2O2/c1-2-10-3-5-11(6-4-10)9-16-12(15)14-8-7-13/h3-6H,2,8-9H2,1H3,(H,14,15). The van der Waals surface area contributed by atoms with Gasteiger partial charge < -0.3 is 10.1 Å². The lowest BCUT2D eigenvalue weighted by atomic mass is 10.1. The number of nitrogens with zero attached hydrogens (tertiary/aromatic N) is 1. The lowest BCUT2D eigenvalue weighted by Crippen LogP contribution is -2.24. The number of nitrogens with one attached hydrogen (secondary N) is 1. The molecule has 0 spiro atoms. The molecule has 0 aliphatic heterocycles. The van der Waals surface area contributed by atoms with Crippen LogP contribution in [0, 0.1) is 11.3 Å². The van der Waals surface area contributed by atoms with E-state index in [4.69, 9.17) is 10.00 Å². The first-order chi connectivity index (χ1) is 7.76. The number of hydrogen-bond acceptors (Lipinski definition) is 3. The Morgan fingerprint density at radius 2 is 2.00 bits per heavy atom. The average molecular weight is 218 g/mol. The van der Waals surface area contributed by atoms with Crippen LogP contribution in [0.15, 0.2) is 24.3 Å². The number of nitriles is 1. The van der Waals surface area contributed by atoms with Gasteiger partial charge in [-0.1, -0.05) is 31.2 Å². The fraction of sp³-hybridized carbons (Fsp3) is 0.333. The fourth-order valence-electron chi connectivity index (χ4n) is 1.18. The maximum absolute atomic E-state index is 11.0. The molecule has 16 heavy (non-hydrogen) atoms. The molecule has 0 bridgehead atoms. The van der Waals surface area contributed by atoms with Crippen LogP contribution < -0.4 is 5.32 Å². The first kappa shape index (κ1) is 12.1. The predicted octanol–water partition coefficient (Wildman–Crippen LogP) is 2.00. The molecule has 0 aliphatic rings. The third-order valence-electron chi connectivity index (χ3n) is 2.11. The molecule has 0 heterocycles. The van der Waals surface area contributed by atoms with Crippen LogP contribution in [0.2, 0.25) is 0 Å². The van der Waals surface area contributed by atoms with Gasteiger partial charge in [0.25, 0.3) is 0 Å². The molecule has 1 N–H and O–H groups in total. The highest BCUT2D eigenvalue weighted by Gasteiger charge is 2.01. The Kier molecular flexibility index (Phi) is 4.87. The number of hydrogen-bond donors (Lipinski definition) is 1. The molecule has 84 valence electrons. The van der Waals surface area contributed by atoms with Gasteiger partial charge in [-0.2, -0.15) is 5.26 Å². The molecule has 1 amide bonds. The van der Waals surface area contributed by atoms with Crippen LogP contribution in [-0.2, 0) is 17.8 Å². The van der Waals surface area contributed by atoms with Crippen molar-refractivity contribution in [3.05, 3.63) is 35.4 Å². The number of carbonyl (C=O) groups excluding carboxylic acids is 1. The van der Waals surface area contributed by atoms with Crippen molar-refractivity contribution in [2.75, 3.05) is 6.54 Å². The lowest BCUT2D eigenvalue weighted by molar-refractivity contribution is 0.141. The number of ether oxygens (including phenoxy) is 1. The number of aryl methyl sites for hydroxylation is 1. The normalized spacial score (nSPS) is 9.25. The maximum Gasteiger partial charge on any atom is 0.408 e. The van der Waals surface area contributed by atoms with E-state index in [2.05, 4.69) is 12.2 Å². The molecule has 0 saturated heterocycles. The summed E-state index contributed by atoms with van der Waals surface area (Å²) in [6.45, 7) is 2.27. The Balaban J connectivity index is 2.37. The van der Waals surface area contributed by atoms with Crippen molar-refractivity contribution in [3.63, 3.8) is 0 Å². The highest BCUT2D eigenvalue weighted by atomic mass is 16.5. The van der Waals surface area contributed by atoms with Gasteiger partial charge in [-0.25, -0.2) is 4.79 Å². The summed E-state index contributed by atoms with van der Waals surface area (Å²) in [6.07, 6.45) is 0.421. The summed E-state index contributed by atoms with van der Waals surface area (Å²) >= 11 is 0. The number of carbonyl (C=O) groups is 1. The van der Waals surface area contributed by atoms with E-state index >= 15 is 0 Å². The van der Waals surface area contributed by atoms with Crippen LogP contribution in [0.3, 0.4) is 0 Å². The fourth-order valence-corrected chi connectivity index (χ4v) is 1.18. The molecule has 0 fully saturated rings. The lowest BCUT2D eigenvalue weighted by Gasteiger charge is -2.05. The Hall–Kier alpha value is -2.02. The monoisotopic (exact) mass is 218 g/mol. The minimum atomic E-state index is -0.568. The molecule has 0 unspecified atom stereocenters. The largest absolute Gasteiger partial charge is 0.445 e. The van der Waals surface area contributed by atoms with Gasteiger partial charge in [0, 0.05) is 0 Å². The number of benzene rings is 1. The Bertz CT molecular complexity index is 379. The van der Waals surface area contributed by atoms with E-state index in [0.29, 0.717) is 0 Å². The third kappa shape index (κ3) is 4.01. The van der Waals surface area contributed by atoms with Gasteiger partial charge in [0.2, 0.25) is 0 Å². The highest BCUT2D eigenvalue weighted by Crippen LogP contribution is 2.06. The molecule has 1 aromatic carbocycles. The molecular formula is C12H14N2O2. The first-order valence-corrected chi connectivity index (χ1v) is 5.11. The summed E-state index contributed by atoms with van der Waals surface area (Å²) in [5, 5.41) is 10.5. The van der Waals surface area contributed by atoms with E-state index in [1.54, 1.807) is 6.07 Å². The molecule has 0 aromatic heterocycles. The van der Waals surface area contributed by atoms with E-state index in [9.17, 15) is 4.79 Å². The molecular weight excluding hydrogens is 204 g/mol. The summed E-state index contributed by atoms with van der Waals surface area (Å²) in [5.41, 5.74) is 2.18. The summed E-state index contributed by atoms with van der Waals surface area (Å²) < 4.78 is 4.90. The second-order valence-corrected chi connectivity index (χ2v) is 3.26. The van der Waals surface area contributed by atoms with Gasteiger partial charge in [0.1, 0.15) is 13.2 Å². The highest BCUT2D eigenvalue weighted by molar-refractivity contribution is 5.67. The second-order valence-electron chi connectivity index (χ2n) is 3.26.